The molecule has 2 aromatic carbocycles. The van der Waals surface area contributed by atoms with Gasteiger partial charge >= 0.3 is 6.01 Å². The molecule has 5 nitrogen and oxygen atoms in total. The molecule has 0 fully saturated rings. The molecule has 1 amide bonds. The molecule has 3 aromatic rings. The summed E-state index contributed by atoms with van der Waals surface area (Å²) in [5.74, 6) is 0.204. The van der Waals surface area contributed by atoms with E-state index in [1.54, 1.807) is 17.8 Å². The Bertz CT molecular complexity index is 863. The Morgan fingerprint density at radius 1 is 1.04 bits per heavy atom. The number of rotatable bonds is 6. The minimum Gasteiger partial charge on any atom is -0.407 e. The monoisotopic (exact) mass is 371 g/mol. The van der Waals surface area contributed by atoms with Gasteiger partial charge in [0, 0.05) is 9.79 Å². The fraction of sp³-hybridized carbons (Fsp3) is 0.167. The van der Waals surface area contributed by atoms with Crippen molar-refractivity contribution in [3.63, 3.8) is 0 Å². The van der Waals surface area contributed by atoms with E-state index >= 15 is 0 Å². The van der Waals surface area contributed by atoms with Crippen LogP contribution in [0.25, 0.3) is 0 Å². The molecule has 0 radical (unpaired) electrons. The quantitative estimate of drug-likeness (QED) is 0.650. The summed E-state index contributed by atoms with van der Waals surface area (Å²) >= 11 is 3.21. The molecule has 3 rings (SSSR count). The zero-order valence-corrected chi connectivity index (χ0v) is 15.5. The van der Waals surface area contributed by atoms with Crippen molar-refractivity contribution in [2.45, 2.75) is 16.2 Å². The largest absolute Gasteiger partial charge is 0.407 e. The third-order valence-electron chi connectivity index (χ3n) is 3.55. The third-order valence-corrected chi connectivity index (χ3v) is 5.09. The Labute approximate surface area is 154 Å². The first kappa shape index (κ1) is 17.6. The first-order chi connectivity index (χ1) is 12.2. The van der Waals surface area contributed by atoms with Gasteiger partial charge in [0.05, 0.1) is 12.0 Å². The molecular formula is C18H17N3O2S2. The Hall–Kier alpha value is -2.25. The van der Waals surface area contributed by atoms with E-state index in [4.69, 9.17) is 4.42 Å². The average molecular weight is 371 g/mol. The number of nitrogens with one attached hydrogen (secondary N) is 1. The predicted octanol–water partition coefficient (Wildman–Crippen LogP) is 4.36. The van der Waals surface area contributed by atoms with E-state index < -0.39 is 0 Å². The Kier molecular flexibility index (Phi) is 5.78. The number of carbonyl (C=O) groups is 1. The number of benzene rings is 2. The van der Waals surface area contributed by atoms with E-state index in [-0.39, 0.29) is 11.9 Å². The first-order valence-corrected chi connectivity index (χ1v) is 10.0. The highest BCUT2D eigenvalue weighted by atomic mass is 32.2. The molecule has 0 atom stereocenters. The van der Waals surface area contributed by atoms with Gasteiger partial charge in [-0.2, -0.15) is 0 Å². The van der Waals surface area contributed by atoms with Gasteiger partial charge < -0.3 is 4.42 Å². The fourth-order valence-electron chi connectivity index (χ4n) is 2.29. The maximum Gasteiger partial charge on any atom is 0.322 e. The molecule has 0 aliphatic rings. The van der Waals surface area contributed by atoms with Crippen molar-refractivity contribution in [3.8, 4) is 0 Å². The summed E-state index contributed by atoms with van der Waals surface area (Å²) in [5.41, 5.74) is 1.66. The first-order valence-electron chi connectivity index (χ1n) is 7.59. The number of aromatic nitrogens is 2. The van der Waals surface area contributed by atoms with E-state index in [0.29, 0.717) is 17.9 Å². The lowest BCUT2D eigenvalue weighted by Gasteiger charge is -2.05. The minimum absolute atomic E-state index is 0.108. The van der Waals surface area contributed by atoms with E-state index in [0.717, 1.165) is 10.5 Å². The van der Waals surface area contributed by atoms with Crippen molar-refractivity contribution in [2.75, 3.05) is 17.8 Å². The summed E-state index contributed by atoms with van der Waals surface area (Å²) in [6, 6.07) is 15.7. The molecule has 0 saturated carbocycles. The molecule has 128 valence electrons. The number of thioether (sulfide) groups is 2. The molecule has 0 saturated heterocycles. The van der Waals surface area contributed by atoms with Crippen LogP contribution in [-0.4, -0.2) is 28.6 Å². The highest BCUT2D eigenvalue weighted by molar-refractivity contribution is 7.98. The van der Waals surface area contributed by atoms with Crippen molar-refractivity contribution in [3.05, 3.63) is 65.5 Å². The molecule has 0 unspecified atom stereocenters. The van der Waals surface area contributed by atoms with Crippen LogP contribution < -0.4 is 5.32 Å². The van der Waals surface area contributed by atoms with Crippen molar-refractivity contribution in [1.29, 1.82) is 0 Å². The molecule has 25 heavy (non-hydrogen) atoms. The highest BCUT2D eigenvalue weighted by Crippen LogP contribution is 2.21. The van der Waals surface area contributed by atoms with E-state index in [1.165, 1.54) is 16.7 Å². The Morgan fingerprint density at radius 3 is 2.52 bits per heavy atom. The number of nitrogens with zero attached hydrogens (tertiary/aromatic N) is 2. The van der Waals surface area contributed by atoms with E-state index in [9.17, 15) is 4.79 Å². The molecule has 7 heteroatoms. The lowest BCUT2D eigenvalue weighted by atomic mass is 10.1. The zero-order valence-electron chi connectivity index (χ0n) is 13.9. The van der Waals surface area contributed by atoms with Gasteiger partial charge in [-0.05, 0) is 42.3 Å². The predicted molar refractivity (Wildman–Crippen MR) is 102 cm³/mol. The van der Waals surface area contributed by atoms with Crippen LogP contribution in [0.3, 0.4) is 0 Å². The standard InChI is InChI=1S/C18H17N3O2S2/c1-24-13-9-7-12(8-10-13)11-16-20-21-18(23-16)19-17(22)14-5-3-4-6-15(14)25-2/h3-10H,11H2,1-2H3,(H,19,21,22). The van der Waals surface area contributed by atoms with Crippen LogP contribution in [-0.2, 0) is 6.42 Å². The van der Waals surface area contributed by atoms with Crippen molar-refractivity contribution < 1.29 is 9.21 Å². The molecule has 0 spiro atoms. The molecule has 0 aliphatic carbocycles. The average Bonchev–Trinajstić information content (AvgIpc) is 3.09. The maximum absolute atomic E-state index is 12.4. The summed E-state index contributed by atoms with van der Waals surface area (Å²) < 4.78 is 5.54. The van der Waals surface area contributed by atoms with Gasteiger partial charge in [0.1, 0.15) is 0 Å². The molecule has 1 aromatic heterocycles. The lowest BCUT2D eigenvalue weighted by Crippen LogP contribution is -2.13. The zero-order chi connectivity index (χ0) is 17.6. The van der Waals surface area contributed by atoms with Crippen LogP contribution in [0, 0.1) is 0 Å². The second-order valence-corrected chi connectivity index (χ2v) is 6.91. The van der Waals surface area contributed by atoms with Crippen molar-refractivity contribution >= 4 is 35.4 Å². The summed E-state index contributed by atoms with van der Waals surface area (Å²) in [4.78, 5) is 14.5. The van der Waals surface area contributed by atoms with Gasteiger partial charge in [0.25, 0.3) is 5.91 Å². The topological polar surface area (TPSA) is 68.0 Å². The van der Waals surface area contributed by atoms with Crippen LogP contribution in [0.1, 0.15) is 21.8 Å². The number of anilines is 1. The van der Waals surface area contributed by atoms with Crippen LogP contribution in [0.5, 0.6) is 0 Å². The van der Waals surface area contributed by atoms with E-state index in [2.05, 4.69) is 27.6 Å². The van der Waals surface area contributed by atoms with Crippen LogP contribution >= 0.6 is 23.5 Å². The van der Waals surface area contributed by atoms with Gasteiger partial charge in [-0.15, -0.1) is 28.6 Å². The van der Waals surface area contributed by atoms with Crippen molar-refractivity contribution in [2.24, 2.45) is 0 Å². The molecule has 0 aliphatic heterocycles. The molecule has 1 heterocycles. The Morgan fingerprint density at radius 2 is 1.80 bits per heavy atom. The lowest BCUT2D eigenvalue weighted by molar-refractivity contribution is 0.102. The normalized spacial score (nSPS) is 10.6. The van der Waals surface area contributed by atoms with Gasteiger partial charge in [0.2, 0.25) is 5.89 Å². The molecule has 1 N–H and O–H groups in total. The number of amides is 1. The van der Waals surface area contributed by atoms with E-state index in [1.807, 2.05) is 42.8 Å². The number of carbonyl (C=O) groups excluding carboxylic acids is 1. The minimum atomic E-state index is -0.260. The molecule has 0 bridgehead atoms. The highest BCUT2D eigenvalue weighted by Gasteiger charge is 2.14. The molecular weight excluding hydrogens is 354 g/mol. The summed E-state index contributed by atoms with van der Waals surface area (Å²) in [7, 11) is 0. The second-order valence-electron chi connectivity index (χ2n) is 5.18. The Balaban J connectivity index is 1.67. The van der Waals surface area contributed by atoms with Gasteiger partial charge in [-0.1, -0.05) is 29.4 Å². The third kappa shape index (κ3) is 4.43. The number of hydrogen-bond donors (Lipinski definition) is 1. The van der Waals surface area contributed by atoms with Crippen molar-refractivity contribution in [1.82, 2.24) is 10.2 Å². The smallest absolute Gasteiger partial charge is 0.322 e. The van der Waals surface area contributed by atoms with Crippen LogP contribution in [0.15, 0.2) is 62.7 Å². The van der Waals surface area contributed by atoms with Gasteiger partial charge in [0.15, 0.2) is 0 Å². The maximum atomic E-state index is 12.4. The SMILES string of the molecule is CSc1ccc(Cc2nnc(NC(=O)c3ccccc3SC)o2)cc1. The summed E-state index contributed by atoms with van der Waals surface area (Å²) in [5, 5.41) is 10.6. The number of hydrogen-bond acceptors (Lipinski definition) is 6. The van der Waals surface area contributed by atoms with Crippen LogP contribution in [0.4, 0.5) is 6.01 Å². The fourth-order valence-corrected chi connectivity index (χ4v) is 3.29. The summed E-state index contributed by atoms with van der Waals surface area (Å²) in [6.07, 6.45) is 4.50. The van der Waals surface area contributed by atoms with Gasteiger partial charge in [-0.25, -0.2) is 0 Å². The van der Waals surface area contributed by atoms with Gasteiger partial charge in [-0.3, -0.25) is 10.1 Å². The second kappa shape index (κ2) is 8.22. The van der Waals surface area contributed by atoms with Crippen LogP contribution in [0.2, 0.25) is 0 Å². The summed E-state index contributed by atoms with van der Waals surface area (Å²) in [6.45, 7) is 0.